The van der Waals surface area contributed by atoms with Gasteiger partial charge in [0.1, 0.15) is 0 Å². The minimum Gasteiger partial charge on any atom is -0.396 e. The number of aliphatic hydroxyl groups is 1. The largest absolute Gasteiger partial charge is 0.396 e. The molecule has 0 aliphatic heterocycles. The topological polar surface area (TPSA) is 49.3 Å². The second-order valence-corrected chi connectivity index (χ2v) is 6.80. The van der Waals surface area contributed by atoms with Gasteiger partial charge in [-0.2, -0.15) is 0 Å². The number of nitrogens with one attached hydrogen (secondary N) is 1. The molecule has 0 radical (unpaired) electrons. The summed E-state index contributed by atoms with van der Waals surface area (Å²) >= 11 is 1.60. The van der Waals surface area contributed by atoms with Crippen molar-refractivity contribution < 1.29 is 9.90 Å². The first-order valence-electron chi connectivity index (χ1n) is 6.94. The standard InChI is InChI=1S/C15H25NO2S/c1-5-7-12-11(6-2)8-13(19-12)14(18)16-9-15(3,4)10-17/h8,17H,5-7,9-10H2,1-4H3,(H,16,18). The summed E-state index contributed by atoms with van der Waals surface area (Å²) in [4.78, 5) is 14.2. The van der Waals surface area contributed by atoms with Crippen LogP contribution in [0, 0.1) is 5.41 Å². The molecule has 0 fully saturated rings. The summed E-state index contributed by atoms with van der Waals surface area (Å²) in [6.45, 7) is 8.70. The van der Waals surface area contributed by atoms with Crippen LogP contribution in [0.4, 0.5) is 0 Å². The number of hydrogen-bond donors (Lipinski definition) is 2. The zero-order chi connectivity index (χ0) is 14.5. The highest BCUT2D eigenvalue weighted by Gasteiger charge is 2.19. The van der Waals surface area contributed by atoms with Crippen molar-refractivity contribution in [3.8, 4) is 0 Å². The third kappa shape index (κ3) is 4.62. The normalized spacial score (nSPS) is 11.6. The Balaban J connectivity index is 2.72. The van der Waals surface area contributed by atoms with E-state index >= 15 is 0 Å². The summed E-state index contributed by atoms with van der Waals surface area (Å²) < 4.78 is 0. The summed E-state index contributed by atoms with van der Waals surface area (Å²) in [6.07, 6.45) is 3.12. The number of hydrogen-bond acceptors (Lipinski definition) is 3. The Morgan fingerprint density at radius 2 is 2.11 bits per heavy atom. The molecule has 0 aliphatic carbocycles. The lowest BCUT2D eigenvalue weighted by Gasteiger charge is -2.21. The van der Waals surface area contributed by atoms with Gasteiger partial charge in [0.2, 0.25) is 0 Å². The maximum absolute atomic E-state index is 12.1. The molecule has 0 spiro atoms. The number of carbonyl (C=O) groups excluding carboxylic acids is 1. The van der Waals surface area contributed by atoms with Crippen LogP contribution in [0.2, 0.25) is 0 Å². The smallest absolute Gasteiger partial charge is 0.261 e. The van der Waals surface area contributed by atoms with E-state index in [0.29, 0.717) is 6.54 Å². The first kappa shape index (κ1) is 16.2. The summed E-state index contributed by atoms with van der Waals surface area (Å²) in [6, 6.07) is 2.01. The SMILES string of the molecule is CCCc1sc(C(=O)NCC(C)(C)CO)cc1CC. The van der Waals surface area contributed by atoms with Gasteiger partial charge in [-0.3, -0.25) is 4.79 Å². The van der Waals surface area contributed by atoms with Gasteiger partial charge in [-0.15, -0.1) is 11.3 Å². The van der Waals surface area contributed by atoms with Crippen molar-refractivity contribution in [2.45, 2.75) is 47.0 Å². The molecule has 0 aromatic carbocycles. The Morgan fingerprint density at radius 3 is 2.63 bits per heavy atom. The number of amides is 1. The van der Waals surface area contributed by atoms with Crippen LogP contribution in [0.1, 0.15) is 54.2 Å². The molecule has 0 bridgehead atoms. The van der Waals surface area contributed by atoms with E-state index in [0.717, 1.165) is 24.1 Å². The van der Waals surface area contributed by atoms with E-state index in [2.05, 4.69) is 19.2 Å². The molecule has 0 aliphatic rings. The van der Waals surface area contributed by atoms with Crippen LogP contribution < -0.4 is 5.32 Å². The molecule has 3 nitrogen and oxygen atoms in total. The van der Waals surface area contributed by atoms with Crippen molar-refractivity contribution in [1.82, 2.24) is 5.32 Å². The van der Waals surface area contributed by atoms with Crippen LogP contribution in [0.15, 0.2) is 6.07 Å². The highest BCUT2D eigenvalue weighted by molar-refractivity contribution is 7.14. The fourth-order valence-electron chi connectivity index (χ4n) is 1.78. The van der Waals surface area contributed by atoms with Crippen LogP contribution in [0.3, 0.4) is 0 Å². The number of rotatable bonds is 7. The zero-order valence-electron chi connectivity index (χ0n) is 12.4. The van der Waals surface area contributed by atoms with Crippen molar-refractivity contribution in [3.05, 3.63) is 21.4 Å². The summed E-state index contributed by atoms with van der Waals surface area (Å²) in [7, 11) is 0. The number of thiophene rings is 1. The molecule has 2 N–H and O–H groups in total. The van der Waals surface area contributed by atoms with Gasteiger partial charge in [0.15, 0.2) is 0 Å². The van der Waals surface area contributed by atoms with Gasteiger partial charge in [-0.05, 0) is 24.5 Å². The van der Waals surface area contributed by atoms with E-state index in [1.54, 1.807) is 11.3 Å². The summed E-state index contributed by atoms with van der Waals surface area (Å²) in [5, 5.41) is 12.1. The second kappa shape index (κ2) is 7.06. The molecule has 0 atom stereocenters. The predicted octanol–water partition coefficient (Wildman–Crippen LogP) is 3.01. The van der Waals surface area contributed by atoms with Crippen molar-refractivity contribution >= 4 is 17.2 Å². The molecule has 19 heavy (non-hydrogen) atoms. The fourth-order valence-corrected chi connectivity index (χ4v) is 3.05. The van der Waals surface area contributed by atoms with Gasteiger partial charge in [0, 0.05) is 23.4 Å². The average molecular weight is 283 g/mol. The zero-order valence-corrected chi connectivity index (χ0v) is 13.2. The van der Waals surface area contributed by atoms with E-state index < -0.39 is 0 Å². The van der Waals surface area contributed by atoms with Crippen LogP contribution in [-0.4, -0.2) is 24.2 Å². The monoisotopic (exact) mass is 283 g/mol. The molecule has 1 heterocycles. The summed E-state index contributed by atoms with van der Waals surface area (Å²) in [5.41, 5.74) is 1.02. The van der Waals surface area contributed by atoms with Gasteiger partial charge in [-0.25, -0.2) is 0 Å². The fraction of sp³-hybridized carbons (Fsp3) is 0.667. The summed E-state index contributed by atoms with van der Waals surface area (Å²) in [5.74, 6) is -0.0245. The Kier molecular flexibility index (Phi) is 6.01. The van der Waals surface area contributed by atoms with E-state index in [-0.39, 0.29) is 17.9 Å². The molecule has 1 rings (SSSR count). The van der Waals surface area contributed by atoms with Gasteiger partial charge >= 0.3 is 0 Å². The first-order valence-corrected chi connectivity index (χ1v) is 7.75. The third-order valence-electron chi connectivity index (χ3n) is 3.13. The Labute approximate surface area is 120 Å². The molecular formula is C15H25NO2S. The lowest BCUT2D eigenvalue weighted by Crippen LogP contribution is -2.35. The molecule has 1 amide bonds. The van der Waals surface area contributed by atoms with Gasteiger partial charge < -0.3 is 10.4 Å². The van der Waals surface area contributed by atoms with E-state index in [9.17, 15) is 9.90 Å². The van der Waals surface area contributed by atoms with Crippen LogP contribution in [0.25, 0.3) is 0 Å². The first-order chi connectivity index (χ1) is 8.93. The lowest BCUT2D eigenvalue weighted by molar-refractivity contribution is 0.0915. The van der Waals surface area contributed by atoms with E-state index in [1.807, 2.05) is 19.9 Å². The van der Waals surface area contributed by atoms with Crippen molar-refractivity contribution in [3.63, 3.8) is 0 Å². The Hall–Kier alpha value is -0.870. The molecule has 108 valence electrons. The van der Waals surface area contributed by atoms with E-state index in [1.165, 1.54) is 10.4 Å². The van der Waals surface area contributed by atoms with Crippen LogP contribution >= 0.6 is 11.3 Å². The predicted molar refractivity (Wildman–Crippen MR) is 80.9 cm³/mol. The maximum atomic E-state index is 12.1. The Morgan fingerprint density at radius 1 is 1.42 bits per heavy atom. The quantitative estimate of drug-likeness (QED) is 0.808. The van der Waals surface area contributed by atoms with Gasteiger partial charge in [-0.1, -0.05) is 34.1 Å². The molecule has 0 unspecified atom stereocenters. The maximum Gasteiger partial charge on any atom is 0.261 e. The van der Waals surface area contributed by atoms with Crippen LogP contribution in [-0.2, 0) is 12.8 Å². The molecule has 0 saturated heterocycles. The minimum absolute atomic E-state index is 0.0245. The molecular weight excluding hydrogens is 258 g/mol. The molecule has 1 aromatic rings. The minimum atomic E-state index is -0.271. The van der Waals surface area contributed by atoms with Crippen molar-refractivity contribution in [2.24, 2.45) is 5.41 Å². The van der Waals surface area contributed by atoms with Gasteiger partial charge in [0.25, 0.3) is 5.91 Å². The van der Waals surface area contributed by atoms with Crippen molar-refractivity contribution in [1.29, 1.82) is 0 Å². The highest BCUT2D eigenvalue weighted by atomic mass is 32.1. The lowest BCUT2D eigenvalue weighted by atomic mass is 9.95. The third-order valence-corrected chi connectivity index (χ3v) is 4.37. The Bertz CT molecular complexity index is 424. The average Bonchev–Trinajstić information content (AvgIpc) is 2.80. The second-order valence-electron chi connectivity index (χ2n) is 5.67. The number of aliphatic hydroxyl groups excluding tert-OH is 1. The molecule has 1 aromatic heterocycles. The molecule has 4 heteroatoms. The number of aryl methyl sites for hydroxylation is 2. The van der Waals surface area contributed by atoms with Crippen molar-refractivity contribution in [2.75, 3.05) is 13.2 Å². The van der Waals surface area contributed by atoms with Crippen LogP contribution in [0.5, 0.6) is 0 Å². The van der Waals surface area contributed by atoms with E-state index in [4.69, 9.17) is 0 Å². The molecule has 0 saturated carbocycles. The highest BCUT2D eigenvalue weighted by Crippen LogP contribution is 2.24. The number of carbonyl (C=O) groups is 1. The van der Waals surface area contributed by atoms with Gasteiger partial charge in [0.05, 0.1) is 4.88 Å².